The Bertz CT molecular complexity index is 4230. The second kappa shape index (κ2) is 16.2. The molecule has 0 radical (unpaired) electrons. The summed E-state index contributed by atoms with van der Waals surface area (Å²) in [7, 11) is 0. The summed E-state index contributed by atoms with van der Waals surface area (Å²) in [6.07, 6.45) is 0. The molecule has 0 bridgehead atoms. The first-order valence-electron chi connectivity index (χ1n) is 24.1. The first kappa shape index (κ1) is 40.4. The van der Waals surface area contributed by atoms with Crippen molar-refractivity contribution in [2.75, 3.05) is 0 Å². The molecule has 0 atom stereocenters. The van der Waals surface area contributed by atoms with Crippen molar-refractivity contribution in [3.63, 3.8) is 0 Å². The van der Waals surface area contributed by atoms with Crippen LogP contribution in [0.5, 0.6) is 0 Å². The van der Waals surface area contributed by atoms with Gasteiger partial charge in [-0.2, -0.15) is 5.26 Å². The molecule has 3 heterocycles. The quantitative estimate of drug-likeness (QED) is 0.157. The van der Waals surface area contributed by atoms with E-state index < -0.39 is 0 Å². The Morgan fingerprint density at radius 1 is 0.268 bits per heavy atom. The minimum atomic E-state index is 0.610. The van der Waals surface area contributed by atoms with Gasteiger partial charge >= 0.3 is 0 Å². The molecule has 0 fully saturated rings. The molecular formula is C67H42N4. The van der Waals surface area contributed by atoms with Crippen molar-refractivity contribution in [2.24, 2.45) is 0 Å². The van der Waals surface area contributed by atoms with Gasteiger partial charge in [-0.25, -0.2) is 0 Å². The number of hydrogen-bond acceptors (Lipinski definition) is 1. The summed E-state index contributed by atoms with van der Waals surface area (Å²) in [6, 6.07) is 94.2. The standard InChI is InChI=1S/C67H42N4/c68-43-58-66-53-28-16-17-29-59(53)69(52-26-14-5-15-27-52)64(66)42-65(70-60-34-30-48(44-18-6-1-7-19-44)38-54(60)55-39-49(31-35-61(55)70)45-20-8-2-9-21-45)67(58)71-62-36-32-50(46-22-10-3-11-23-46)40-56(62)57-41-51(33-37-63(57)71)47-24-12-4-13-25-47/h1-42H. The molecular weight excluding hydrogens is 861 g/mol. The van der Waals surface area contributed by atoms with Gasteiger partial charge in [-0.05, 0) is 117 Å². The SMILES string of the molecule is N#Cc1c(-n2c3ccc(-c4ccccc4)cc3c3cc(-c4ccccc4)ccc32)c(-n2c3ccc(-c4ccccc4)cc3c3cc(-c4ccccc4)ccc32)cc2c1c1ccccc1n2-c1ccccc1. The van der Waals surface area contributed by atoms with Crippen molar-refractivity contribution in [1.29, 1.82) is 5.26 Å². The fourth-order valence-electron chi connectivity index (χ4n) is 11.3. The van der Waals surface area contributed by atoms with Crippen LogP contribution in [0.25, 0.3) is 127 Å². The van der Waals surface area contributed by atoms with Crippen LogP contribution in [0, 0.1) is 11.3 Å². The van der Waals surface area contributed by atoms with Crippen molar-refractivity contribution in [3.05, 3.63) is 260 Å². The van der Waals surface area contributed by atoms with Gasteiger partial charge < -0.3 is 13.7 Å². The third kappa shape index (κ3) is 6.38. The summed E-state index contributed by atoms with van der Waals surface area (Å²) in [4.78, 5) is 0. The number of nitrogens with zero attached hydrogens (tertiary/aromatic N) is 4. The van der Waals surface area contributed by atoms with E-state index in [2.05, 4.69) is 275 Å². The largest absolute Gasteiger partial charge is 0.309 e. The van der Waals surface area contributed by atoms with E-state index in [1.54, 1.807) is 0 Å². The summed E-state index contributed by atoms with van der Waals surface area (Å²) in [5.74, 6) is 0. The van der Waals surface area contributed by atoms with Gasteiger partial charge in [0, 0.05) is 38.0 Å². The molecule has 0 saturated heterocycles. The molecule has 4 heteroatoms. The molecule has 330 valence electrons. The molecule has 0 spiro atoms. The number of aromatic nitrogens is 3. The third-order valence-electron chi connectivity index (χ3n) is 14.5. The third-order valence-corrected chi connectivity index (χ3v) is 14.5. The predicted octanol–water partition coefficient (Wildman–Crippen LogP) is 17.5. The molecule has 14 aromatic rings. The van der Waals surface area contributed by atoms with Crippen molar-refractivity contribution >= 4 is 65.4 Å². The number of para-hydroxylation sites is 2. The first-order chi connectivity index (χ1) is 35.2. The van der Waals surface area contributed by atoms with E-state index in [9.17, 15) is 5.26 Å². The summed E-state index contributed by atoms with van der Waals surface area (Å²) in [5, 5.41) is 18.5. The Morgan fingerprint density at radius 3 is 1.03 bits per heavy atom. The molecule has 0 unspecified atom stereocenters. The van der Waals surface area contributed by atoms with Gasteiger partial charge in [-0.3, -0.25) is 0 Å². The van der Waals surface area contributed by atoms with Gasteiger partial charge in [0.15, 0.2) is 0 Å². The van der Waals surface area contributed by atoms with E-state index >= 15 is 0 Å². The lowest BCUT2D eigenvalue weighted by Crippen LogP contribution is -2.07. The van der Waals surface area contributed by atoms with Crippen LogP contribution < -0.4 is 0 Å². The molecule has 71 heavy (non-hydrogen) atoms. The highest BCUT2D eigenvalue weighted by atomic mass is 15.1. The van der Waals surface area contributed by atoms with Crippen LogP contribution in [0.4, 0.5) is 0 Å². The zero-order chi connectivity index (χ0) is 47.0. The van der Waals surface area contributed by atoms with Crippen LogP contribution in [0.2, 0.25) is 0 Å². The topological polar surface area (TPSA) is 38.6 Å². The average molecular weight is 903 g/mol. The van der Waals surface area contributed by atoms with Gasteiger partial charge in [0.25, 0.3) is 0 Å². The molecule has 0 aliphatic rings. The van der Waals surface area contributed by atoms with Gasteiger partial charge in [0.1, 0.15) is 6.07 Å². The van der Waals surface area contributed by atoms with Gasteiger partial charge in [0.05, 0.1) is 50.0 Å². The Labute approximate surface area is 410 Å². The molecule has 0 aliphatic carbocycles. The van der Waals surface area contributed by atoms with Crippen LogP contribution in [0.3, 0.4) is 0 Å². The van der Waals surface area contributed by atoms with Crippen LogP contribution in [0.1, 0.15) is 5.56 Å². The fraction of sp³-hybridized carbons (Fsp3) is 0. The molecule has 0 N–H and O–H groups in total. The summed E-state index contributed by atoms with van der Waals surface area (Å²) in [5.41, 5.74) is 18.7. The maximum Gasteiger partial charge on any atom is 0.102 e. The summed E-state index contributed by atoms with van der Waals surface area (Å²) in [6.45, 7) is 0. The van der Waals surface area contributed by atoms with Crippen LogP contribution in [0.15, 0.2) is 255 Å². The zero-order valence-corrected chi connectivity index (χ0v) is 38.5. The maximum atomic E-state index is 12.1. The minimum absolute atomic E-state index is 0.610. The average Bonchev–Trinajstić information content (AvgIpc) is 4.08. The minimum Gasteiger partial charge on any atom is -0.309 e. The highest BCUT2D eigenvalue weighted by Gasteiger charge is 2.28. The molecule has 0 saturated carbocycles. The smallest absolute Gasteiger partial charge is 0.102 e. The van der Waals surface area contributed by atoms with Crippen molar-refractivity contribution in [2.45, 2.75) is 0 Å². The lowest BCUT2D eigenvalue weighted by molar-refractivity contribution is 1.09. The Morgan fingerprint density at radius 2 is 0.620 bits per heavy atom. The summed E-state index contributed by atoms with van der Waals surface area (Å²) >= 11 is 0. The van der Waals surface area contributed by atoms with Crippen molar-refractivity contribution in [3.8, 4) is 67.6 Å². The van der Waals surface area contributed by atoms with Crippen molar-refractivity contribution < 1.29 is 0 Å². The van der Waals surface area contributed by atoms with E-state index in [1.807, 2.05) is 0 Å². The first-order valence-corrected chi connectivity index (χ1v) is 24.1. The van der Waals surface area contributed by atoms with E-state index in [1.165, 1.54) is 0 Å². The Balaban J connectivity index is 1.17. The van der Waals surface area contributed by atoms with E-state index in [0.717, 1.165) is 127 Å². The second-order valence-electron chi connectivity index (χ2n) is 18.4. The van der Waals surface area contributed by atoms with Crippen LogP contribution in [-0.2, 0) is 0 Å². The fourth-order valence-corrected chi connectivity index (χ4v) is 11.3. The Hall–Kier alpha value is -9.69. The van der Waals surface area contributed by atoms with Crippen molar-refractivity contribution in [1.82, 2.24) is 13.7 Å². The van der Waals surface area contributed by atoms with E-state index in [4.69, 9.17) is 0 Å². The highest BCUT2D eigenvalue weighted by molar-refractivity contribution is 6.18. The monoisotopic (exact) mass is 902 g/mol. The number of fused-ring (bicyclic) bond motifs is 9. The lowest BCUT2D eigenvalue weighted by Gasteiger charge is -2.20. The van der Waals surface area contributed by atoms with E-state index in [-0.39, 0.29) is 0 Å². The summed E-state index contributed by atoms with van der Waals surface area (Å²) < 4.78 is 7.13. The van der Waals surface area contributed by atoms with Gasteiger partial charge in [0.2, 0.25) is 0 Å². The molecule has 14 rings (SSSR count). The Kier molecular flexibility index (Phi) is 9.23. The molecule has 0 aliphatic heterocycles. The number of hydrogen-bond donors (Lipinski definition) is 0. The predicted molar refractivity (Wildman–Crippen MR) is 296 cm³/mol. The normalized spacial score (nSPS) is 11.6. The molecule has 0 amide bonds. The molecule has 3 aromatic heterocycles. The van der Waals surface area contributed by atoms with E-state index in [0.29, 0.717) is 5.56 Å². The molecule has 11 aromatic carbocycles. The molecule has 4 nitrogen and oxygen atoms in total. The van der Waals surface area contributed by atoms with Crippen LogP contribution in [-0.4, -0.2) is 13.7 Å². The maximum absolute atomic E-state index is 12.1. The van der Waals surface area contributed by atoms with Gasteiger partial charge in [-0.15, -0.1) is 0 Å². The second-order valence-corrected chi connectivity index (χ2v) is 18.4. The lowest BCUT2D eigenvalue weighted by atomic mass is 10.0. The number of benzene rings is 11. The van der Waals surface area contributed by atoms with Gasteiger partial charge in [-0.1, -0.05) is 182 Å². The number of nitriles is 1. The number of rotatable bonds is 7. The zero-order valence-electron chi connectivity index (χ0n) is 38.5. The van der Waals surface area contributed by atoms with Crippen LogP contribution >= 0.6 is 0 Å². The highest BCUT2D eigenvalue weighted by Crippen LogP contribution is 2.46.